The summed E-state index contributed by atoms with van der Waals surface area (Å²) in [5.41, 5.74) is -1.22. The van der Waals surface area contributed by atoms with E-state index in [2.05, 4.69) is 13.8 Å². The van der Waals surface area contributed by atoms with Crippen molar-refractivity contribution >= 4 is 11.8 Å². The van der Waals surface area contributed by atoms with Gasteiger partial charge in [-0.05, 0) is 49.4 Å². The summed E-state index contributed by atoms with van der Waals surface area (Å²) in [5, 5.41) is 31.8. The summed E-state index contributed by atoms with van der Waals surface area (Å²) < 4.78 is 5.43. The van der Waals surface area contributed by atoms with Crippen LogP contribution in [0.5, 0.6) is 0 Å². The molecule has 0 unspecified atom stereocenters. The number of Topliss-reactive ketones (excluding diaryl/α,β-unsaturated/α-hetero) is 1. The maximum absolute atomic E-state index is 13.4. The van der Waals surface area contributed by atoms with Crippen LogP contribution in [-0.4, -0.2) is 52.5 Å². The van der Waals surface area contributed by atoms with E-state index in [1.807, 2.05) is 0 Å². The van der Waals surface area contributed by atoms with Gasteiger partial charge in [0.05, 0.1) is 30.8 Å². The molecule has 4 aliphatic rings. The lowest BCUT2D eigenvalue weighted by atomic mass is 9.40. The molecule has 0 radical (unpaired) electrons. The van der Waals surface area contributed by atoms with Crippen LogP contribution in [0.15, 0.2) is 0 Å². The van der Waals surface area contributed by atoms with E-state index in [1.165, 1.54) is 6.92 Å². The number of ether oxygens (including phenoxy) is 1. The normalized spacial score (nSPS) is 52.7. The third-order valence-electron chi connectivity index (χ3n) is 9.24. The average Bonchev–Trinajstić information content (AvgIpc) is 2.77. The Bertz CT molecular complexity index is 678. The highest BCUT2D eigenvalue weighted by molar-refractivity contribution is 5.92. The molecule has 1 spiro atoms. The quantitative estimate of drug-likeness (QED) is 0.630. The Morgan fingerprint density at radius 1 is 1.18 bits per heavy atom. The van der Waals surface area contributed by atoms with Crippen molar-refractivity contribution in [2.45, 2.75) is 71.5 Å². The number of ketones is 1. The number of fused-ring (bicyclic) bond motifs is 3. The fourth-order valence-electron chi connectivity index (χ4n) is 8.14. The Kier molecular flexibility index (Phi) is 4.72. The molecular weight excluding hydrogens is 360 g/mol. The number of carbonyl (C=O) groups is 2. The first-order valence-electron chi connectivity index (χ1n) is 10.8. The van der Waals surface area contributed by atoms with Crippen molar-refractivity contribution in [2.75, 3.05) is 13.2 Å². The first-order chi connectivity index (χ1) is 13.1. The molecule has 158 valence electrons. The molecule has 3 N–H and O–H groups in total. The molecule has 4 rings (SSSR count). The Balaban J connectivity index is 1.74. The van der Waals surface area contributed by atoms with Crippen molar-refractivity contribution in [3.63, 3.8) is 0 Å². The maximum Gasteiger partial charge on any atom is 0.302 e. The molecule has 0 aliphatic heterocycles. The topological polar surface area (TPSA) is 104 Å². The van der Waals surface area contributed by atoms with E-state index in [9.17, 15) is 24.9 Å². The van der Waals surface area contributed by atoms with Crippen molar-refractivity contribution < 1.29 is 29.6 Å². The third-order valence-corrected chi connectivity index (χ3v) is 9.24. The summed E-state index contributed by atoms with van der Waals surface area (Å²) >= 11 is 0. The first-order valence-corrected chi connectivity index (χ1v) is 10.8. The van der Waals surface area contributed by atoms with Crippen LogP contribution >= 0.6 is 0 Å². The van der Waals surface area contributed by atoms with Gasteiger partial charge in [0.25, 0.3) is 0 Å². The zero-order chi connectivity index (χ0) is 20.5. The Morgan fingerprint density at radius 3 is 2.54 bits per heavy atom. The highest BCUT2D eigenvalue weighted by Gasteiger charge is 2.73. The molecule has 0 aromatic rings. The van der Waals surface area contributed by atoms with Crippen LogP contribution in [0.25, 0.3) is 0 Å². The minimum absolute atomic E-state index is 0.0408. The van der Waals surface area contributed by atoms with E-state index in [-0.39, 0.29) is 41.0 Å². The summed E-state index contributed by atoms with van der Waals surface area (Å²) in [6.45, 7) is 5.90. The average molecular weight is 395 g/mol. The molecule has 0 aromatic carbocycles. The van der Waals surface area contributed by atoms with E-state index in [4.69, 9.17) is 4.74 Å². The smallest absolute Gasteiger partial charge is 0.302 e. The third kappa shape index (κ3) is 2.43. The van der Waals surface area contributed by atoms with E-state index >= 15 is 0 Å². The molecular formula is C22H34O6. The van der Waals surface area contributed by atoms with Gasteiger partial charge in [-0.3, -0.25) is 9.59 Å². The molecule has 4 saturated carbocycles. The van der Waals surface area contributed by atoms with Crippen LogP contribution in [0.2, 0.25) is 0 Å². The Hall–Kier alpha value is -0.980. The number of hydrogen-bond acceptors (Lipinski definition) is 6. The van der Waals surface area contributed by atoms with Gasteiger partial charge in [0.15, 0.2) is 0 Å². The molecule has 28 heavy (non-hydrogen) atoms. The molecule has 2 bridgehead atoms. The van der Waals surface area contributed by atoms with Crippen LogP contribution in [-0.2, 0) is 14.3 Å². The number of rotatable bonds is 3. The summed E-state index contributed by atoms with van der Waals surface area (Å²) in [6.07, 6.45) is 3.13. The zero-order valence-corrected chi connectivity index (χ0v) is 17.2. The summed E-state index contributed by atoms with van der Waals surface area (Å²) in [4.78, 5) is 24.9. The van der Waals surface area contributed by atoms with Gasteiger partial charge in [-0.25, -0.2) is 0 Å². The predicted octanol–water partition coefficient (Wildman–Crippen LogP) is 1.69. The largest absolute Gasteiger partial charge is 0.465 e. The highest BCUT2D eigenvalue weighted by Crippen LogP contribution is 2.71. The van der Waals surface area contributed by atoms with E-state index < -0.39 is 29.5 Å². The Morgan fingerprint density at radius 2 is 1.89 bits per heavy atom. The van der Waals surface area contributed by atoms with Gasteiger partial charge >= 0.3 is 5.97 Å². The second-order valence-corrected chi connectivity index (χ2v) is 10.5. The predicted molar refractivity (Wildman–Crippen MR) is 101 cm³/mol. The van der Waals surface area contributed by atoms with Crippen LogP contribution in [0.3, 0.4) is 0 Å². The maximum atomic E-state index is 13.4. The van der Waals surface area contributed by atoms with Crippen LogP contribution in [0.4, 0.5) is 0 Å². The molecule has 0 aromatic heterocycles. The molecule has 0 heterocycles. The Labute approximate surface area is 166 Å². The van der Waals surface area contributed by atoms with Crippen molar-refractivity contribution in [3.8, 4) is 0 Å². The lowest BCUT2D eigenvalue weighted by Gasteiger charge is -2.64. The minimum atomic E-state index is -0.884. The van der Waals surface area contributed by atoms with Crippen molar-refractivity contribution in [2.24, 2.45) is 39.9 Å². The standard InChI is InChI=1S/C22H34O6/c1-12(24)28-11-20(2)6-4-7-21(3)15(20)5-8-22-16(21)9-14(25)17(19(22)27)13(10-23)18(22)26/h13-17,19,23,25,27H,4-11H2,1-3H3/t13-,14+,15-,16+,17-,19-,20-,21-,22-/m1/s1. The lowest BCUT2D eigenvalue weighted by Crippen LogP contribution is -2.64. The number of carbonyl (C=O) groups excluding carboxylic acids is 2. The van der Waals surface area contributed by atoms with Gasteiger partial charge in [0.1, 0.15) is 5.78 Å². The molecule has 0 saturated heterocycles. The number of aliphatic hydroxyl groups excluding tert-OH is 3. The fourth-order valence-corrected chi connectivity index (χ4v) is 8.14. The molecule has 6 heteroatoms. The number of hydrogen-bond donors (Lipinski definition) is 3. The van der Waals surface area contributed by atoms with Crippen LogP contribution in [0, 0.1) is 39.9 Å². The fraction of sp³-hybridized carbons (Fsp3) is 0.909. The van der Waals surface area contributed by atoms with E-state index in [0.717, 1.165) is 25.7 Å². The number of aliphatic hydroxyl groups is 3. The summed E-state index contributed by atoms with van der Waals surface area (Å²) in [5.74, 6) is -1.37. The van der Waals surface area contributed by atoms with Crippen molar-refractivity contribution in [3.05, 3.63) is 0 Å². The van der Waals surface area contributed by atoms with Crippen LogP contribution in [0.1, 0.15) is 59.3 Å². The lowest BCUT2D eigenvalue weighted by molar-refractivity contribution is -0.210. The van der Waals surface area contributed by atoms with E-state index in [0.29, 0.717) is 19.4 Å². The SMILES string of the molecule is CC(=O)OC[C@@]1(C)CCC[C@]2(C)[C@@H]1CC[C@@]13C(=O)[C@H](CO)[C@@H]([C@H]1O)[C@@H](O)C[C@@H]23. The number of esters is 1. The second-order valence-electron chi connectivity index (χ2n) is 10.5. The monoisotopic (exact) mass is 394 g/mol. The van der Waals surface area contributed by atoms with E-state index in [1.54, 1.807) is 0 Å². The zero-order valence-electron chi connectivity index (χ0n) is 17.2. The van der Waals surface area contributed by atoms with Crippen molar-refractivity contribution in [1.82, 2.24) is 0 Å². The summed E-state index contributed by atoms with van der Waals surface area (Å²) in [7, 11) is 0. The van der Waals surface area contributed by atoms with Gasteiger partial charge in [-0.1, -0.05) is 20.3 Å². The molecule has 4 aliphatic carbocycles. The summed E-state index contributed by atoms with van der Waals surface area (Å²) in [6, 6.07) is 0. The van der Waals surface area contributed by atoms with Gasteiger partial charge in [0.2, 0.25) is 0 Å². The van der Waals surface area contributed by atoms with Gasteiger partial charge in [0, 0.05) is 24.2 Å². The van der Waals surface area contributed by atoms with Gasteiger partial charge < -0.3 is 20.1 Å². The highest BCUT2D eigenvalue weighted by atomic mass is 16.5. The molecule has 4 fully saturated rings. The van der Waals surface area contributed by atoms with Crippen molar-refractivity contribution in [1.29, 1.82) is 0 Å². The van der Waals surface area contributed by atoms with Gasteiger partial charge in [-0.15, -0.1) is 0 Å². The van der Waals surface area contributed by atoms with Gasteiger partial charge in [-0.2, -0.15) is 0 Å². The van der Waals surface area contributed by atoms with Crippen LogP contribution < -0.4 is 0 Å². The first kappa shape index (κ1) is 20.3. The minimum Gasteiger partial charge on any atom is -0.465 e. The molecule has 0 amide bonds. The molecule has 6 nitrogen and oxygen atoms in total. The molecule has 9 atom stereocenters. The second kappa shape index (κ2) is 6.51.